The van der Waals surface area contributed by atoms with Crippen LogP contribution in [0, 0.1) is 0 Å². The fourth-order valence-electron chi connectivity index (χ4n) is 2.96. The number of carbonyl (C=O) groups is 2. The molecule has 2 aromatic rings. The topological polar surface area (TPSA) is 106 Å². The third-order valence-electron chi connectivity index (χ3n) is 4.02. The van der Waals surface area contributed by atoms with Crippen molar-refractivity contribution in [3.8, 4) is 0 Å². The lowest BCUT2D eigenvalue weighted by Crippen LogP contribution is -2.32. The van der Waals surface area contributed by atoms with Crippen molar-refractivity contribution < 1.29 is 19.4 Å². The van der Waals surface area contributed by atoms with Gasteiger partial charge in [-0.1, -0.05) is 0 Å². The number of methoxy groups -OCH3 is 1. The zero-order valence-corrected chi connectivity index (χ0v) is 13.6. The third kappa shape index (κ3) is 2.37. The van der Waals surface area contributed by atoms with E-state index in [1.54, 1.807) is 11.0 Å². The van der Waals surface area contributed by atoms with E-state index in [-0.39, 0.29) is 42.0 Å². The van der Waals surface area contributed by atoms with Crippen LogP contribution < -0.4 is 5.56 Å². The van der Waals surface area contributed by atoms with Gasteiger partial charge in [0.1, 0.15) is 17.9 Å². The molecule has 0 aromatic carbocycles. The maximum atomic E-state index is 12.7. The molecule has 9 heteroatoms. The van der Waals surface area contributed by atoms with Gasteiger partial charge in [-0.25, -0.2) is 0 Å². The Bertz CT molecular complexity index is 895. The molecule has 0 radical (unpaired) electrons. The fraction of sp³-hybridized carbons (Fsp3) is 0.467. The van der Waals surface area contributed by atoms with Gasteiger partial charge in [-0.05, 0) is 13.8 Å². The Labute approximate surface area is 137 Å². The largest absolute Gasteiger partial charge is 0.480 e. The first-order valence-electron chi connectivity index (χ1n) is 7.51. The van der Waals surface area contributed by atoms with Gasteiger partial charge in [0.15, 0.2) is 0 Å². The molecule has 0 fully saturated rings. The van der Waals surface area contributed by atoms with Crippen molar-refractivity contribution in [1.82, 2.24) is 19.1 Å². The molecular weight excluding hydrogens is 316 g/mol. The normalized spacial score (nSPS) is 14.0. The number of carboxylic acids is 1. The van der Waals surface area contributed by atoms with Crippen molar-refractivity contribution in [1.29, 1.82) is 0 Å². The second kappa shape index (κ2) is 5.75. The molecule has 0 aliphatic carbocycles. The van der Waals surface area contributed by atoms with E-state index >= 15 is 0 Å². The average molecular weight is 334 g/mol. The number of aromatic nitrogens is 3. The molecule has 1 aliphatic heterocycles. The lowest BCUT2D eigenvalue weighted by atomic mass is 10.2. The molecule has 1 amide bonds. The van der Waals surface area contributed by atoms with Gasteiger partial charge in [-0.2, -0.15) is 9.61 Å². The minimum absolute atomic E-state index is 0.0982. The Balaban J connectivity index is 2.31. The maximum Gasteiger partial charge on any atom is 0.323 e. The summed E-state index contributed by atoms with van der Waals surface area (Å²) in [5.74, 6) is -1.44. The minimum atomic E-state index is -1.10. The van der Waals surface area contributed by atoms with Crippen LogP contribution in [0.4, 0.5) is 0 Å². The van der Waals surface area contributed by atoms with Crippen molar-refractivity contribution in [3.05, 3.63) is 33.4 Å². The van der Waals surface area contributed by atoms with E-state index in [1.807, 2.05) is 13.8 Å². The molecule has 1 N–H and O–H groups in total. The highest BCUT2D eigenvalue weighted by atomic mass is 16.5. The molecule has 3 rings (SSSR count). The van der Waals surface area contributed by atoms with Crippen molar-refractivity contribution >= 4 is 17.5 Å². The second-order valence-corrected chi connectivity index (χ2v) is 5.98. The molecule has 3 heterocycles. The van der Waals surface area contributed by atoms with Crippen LogP contribution in [0.2, 0.25) is 0 Å². The number of nitrogens with zero attached hydrogens (tertiary/aromatic N) is 4. The number of ether oxygens (including phenoxy) is 1. The second-order valence-electron chi connectivity index (χ2n) is 5.98. The van der Waals surface area contributed by atoms with E-state index in [1.165, 1.54) is 11.7 Å². The first-order valence-corrected chi connectivity index (χ1v) is 7.51. The van der Waals surface area contributed by atoms with E-state index in [9.17, 15) is 19.5 Å². The summed E-state index contributed by atoms with van der Waals surface area (Å²) in [5.41, 5.74) is 0.764. The summed E-state index contributed by atoms with van der Waals surface area (Å²) >= 11 is 0. The maximum absolute atomic E-state index is 12.7. The van der Waals surface area contributed by atoms with Crippen LogP contribution in [0.3, 0.4) is 0 Å². The summed E-state index contributed by atoms with van der Waals surface area (Å²) in [6.07, 6.45) is 0. The summed E-state index contributed by atoms with van der Waals surface area (Å²) < 4.78 is 7.50. The average Bonchev–Trinajstić information content (AvgIpc) is 3.06. The summed E-state index contributed by atoms with van der Waals surface area (Å²) in [6.45, 7) is 3.60. The standard InChI is InChI=1S/C15H18N4O5/c1-8(2)17-5-10-13(15(17)23)18(6-12(20)21)11-4-9(7-24-3)16-19(11)14(10)22/h4,8H,5-7H2,1-3H3,(H,20,21). The predicted molar refractivity (Wildman–Crippen MR) is 82.8 cm³/mol. The molecule has 0 saturated carbocycles. The van der Waals surface area contributed by atoms with Gasteiger partial charge in [-0.15, -0.1) is 0 Å². The van der Waals surface area contributed by atoms with Gasteiger partial charge in [0.2, 0.25) is 0 Å². The molecule has 0 unspecified atom stereocenters. The van der Waals surface area contributed by atoms with Gasteiger partial charge in [0.05, 0.1) is 24.4 Å². The van der Waals surface area contributed by atoms with E-state index in [2.05, 4.69) is 5.10 Å². The van der Waals surface area contributed by atoms with Crippen molar-refractivity contribution in [2.75, 3.05) is 7.11 Å². The number of hydrogen-bond acceptors (Lipinski definition) is 5. The molecule has 0 atom stereocenters. The Kier molecular flexibility index (Phi) is 3.88. The van der Waals surface area contributed by atoms with Crippen LogP contribution in [0.15, 0.2) is 10.9 Å². The molecule has 2 aromatic heterocycles. The van der Waals surface area contributed by atoms with Gasteiger partial charge in [-0.3, -0.25) is 14.4 Å². The smallest absolute Gasteiger partial charge is 0.323 e. The van der Waals surface area contributed by atoms with Crippen molar-refractivity contribution in [2.24, 2.45) is 0 Å². The molecule has 0 saturated heterocycles. The van der Waals surface area contributed by atoms with Gasteiger partial charge in [0, 0.05) is 19.2 Å². The lowest BCUT2D eigenvalue weighted by Gasteiger charge is -2.19. The predicted octanol–water partition coefficient (Wildman–Crippen LogP) is 0.0912. The third-order valence-corrected chi connectivity index (χ3v) is 4.02. The van der Waals surface area contributed by atoms with Gasteiger partial charge >= 0.3 is 5.97 Å². The summed E-state index contributed by atoms with van der Waals surface area (Å²) in [4.78, 5) is 38.2. The summed E-state index contributed by atoms with van der Waals surface area (Å²) in [6, 6.07) is 1.47. The fourth-order valence-corrected chi connectivity index (χ4v) is 2.96. The highest BCUT2D eigenvalue weighted by Gasteiger charge is 2.36. The van der Waals surface area contributed by atoms with E-state index in [0.29, 0.717) is 5.69 Å². The van der Waals surface area contributed by atoms with Crippen molar-refractivity contribution in [3.63, 3.8) is 0 Å². The molecule has 1 aliphatic rings. The van der Waals surface area contributed by atoms with Crippen LogP contribution in [0.5, 0.6) is 0 Å². The van der Waals surface area contributed by atoms with Gasteiger partial charge in [0.25, 0.3) is 11.5 Å². The molecule has 0 spiro atoms. The Morgan fingerprint density at radius 3 is 2.71 bits per heavy atom. The number of rotatable bonds is 5. The highest BCUT2D eigenvalue weighted by molar-refractivity contribution is 5.97. The molecule has 9 nitrogen and oxygen atoms in total. The lowest BCUT2D eigenvalue weighted by molar-refractivity contribution is -0.137. The quantitative estimate of drug-likeness (QED) is 0.831. The van der Waals surface area contributed by atoms with Crippen LogP contribution in [0.25, 0.3) is 5.65 Å². The number of amides is 1. The van der Waals surface area contributed by atoms with E-state index < -0.39 is 18.1 Å². The molecular formula is C15H18N4O5. The van der Waals surface area contributed by atoms with E-state index in [0.717, 1.165) is 4.52 Å². The summed E-state index contributed by atoms with van der Waals surface area (Å²) in [5, 5.41) is 13.4. The molecule has 24 heavy (non-hydrogen) atoms. The summed E-state index contributed by atoms with van der Waals surface area (Å²) in [7, 11) is 1.50. The monoisotopic (exact) mass is 334 g/mol. The SMILES string of the molecule is COCc1cc2n(CC(=O)O)c3c(c(=O)n2n1)CN(C(C)C)C3=O. The van der Waals surface area contributed by atoms with Crippen LogP contribution in [-0.2, 0) is 29.2 Å². The number of aliphatic carboxylic acids is 1. The number of carbonyl (C=O) groups excluding carboxylic acids is 1. The number of hydrogen-bond donors (Lipinski definition) is 1. The van der Waals surface area contributed by atoms with Crippen LogP contribution in [0.1, 0.15) is 35.6 Å². The molecule has 128 valence electrons. The Hall–Kier alpha value is -2.68. The number of fused-ring (bicyclic) bond motifs is 2. The zero-order chi connectivity index (χ0) is 17.6. The first kappa shape index (κ1) is 16.2. The van der Waals surface area contributed by atoms with Crippen molar-refractivity contribution in [2.45, 2.75) is 39.6 Å². The minimum Gasteiger partial charge on any atom is -0.480 e. The Morgan fingerprint density at radius 1 is 1.42 bits per heavy atom. The molecule has 0 bridgehead atoms. The van der Waals surface area contributed by atoms with Crippen LogP contribution >= 0.6 is 0 Å². The Morgan fingerprint density at radius 2 is 2.12 bits per heavy atom. The van der Waals surface area contributed by atoms with Gasteiger partial charge < -0.3 is 19.3 Å². The first-order chi connectivity index (χ1) is 11.3. The zero-order valence-electron chi connectivity index (χ0n) is 13.6. The highest BCUT2D eigenvalue weighted by Crippen LogP contribution is 2.24. The number of carboxylic acid groups (broad SMARTS) is 1. The van der Waals surface area contributed by atoms with E-state index in [4.69, 9.17) is 4.74 Å². The van der Waals surface area contributed by atoms with Crippen LogP contribution in [-0.4, -0.2) is 49.2 Å².